The third-order valence-corrected chi connectivity index (χ3v) is 2.15. The molecule has 0 spiro atoms. The molecule has 0 aromatic heterocycles. The van der Waals surface area contributed by atoms with Gasteiger partial charge < -0.3 is 15.5 Å². The van der Waals surface area contributed by atoms with Gasteiger partial charge in [0.05, 0.1) is 0 Å². The quantitative estimate of drug-likeness (QED) is 0.450. The molecular weight excluding hydrogens is 198 g/mol. The highest BCUT2D eigenvalue weighted by molar-refractivity contribution is 5.77. The number of carboxylic acids is 1. The maximum absolute atomic E-state index is 10.7. The summed E-state index contributed by atoms with van der Waals surface area (Å²) in [6.45, 7) is 9.05. The standard InChI is InChI=1S/C10H17NO4/c1-6(10(2,3)4)8(13)7(9(14)15)11-5-12/h5,7-8,13H,1H2,2-4H3,(H,11,12)(H,14,15). The van der Waals surface area contributed by atoms with Crippen LogP contribution in [0.25, 0.3) is 0 Å². The predicted molar refractivity (Wildman–Crippen MR) is 55.2 cm³/mol. The molecule has 0 aromatic carbocycles. The molecule has 15 heavy (non-hydrogen) atoms. The van der Waals surface area contributed by atoms with E-state index in [2.05, 4.69) is 6.58 Å². The molecule has 0 saturated heterocycles. The Morgan fingerprint density at radius 1 is 1.47 bits per heavy atom. The molecule has 0 aliphatic heterocycles. The molecule has 1 amide bonds. The summed E-state index contributed by atoms with van der Waals surface area (Å²) >= 11 is 0. The number of amides is 1. The van der Waals surface area contributed by atoms with Crippen LogP contribution in [-0.4, -0.2) is 34.7 Å². The van der Waals surface area contributed by atoms with E-state index in [0.29, 0.717) is 5.57 Å². The van der Waals surface area contributed by atoms with Crippen LogP contribution in [-0.2, 0) is 9.59 Å². The fourth-order valence-electron chi connectivity index (χ4n) is 1.02. The van der Waals surface area contributed by atoms with Crippen molar-refractivity contribution >= 4 is 12.4 Å². The molecular formula is C10H17NO4. The van der Waals surface area contributed by atoms with E-state index < -0.39 is 23.5 Å². The van der Waals surface area contributed by atoms with E-state index in [1.165, 1.54) is 0 Å². The summed E-state index contributed by atoms with van der Waals surface area (Å²) in [4.78, 5) is 20.9. The van der Waals surface area contributed by atoms with Crippen LogP contribution < -0.4 is 5.32 Å². The maximum Gasteiger partial charge on any atom is 0.329 e. The summed E-state index contributed by atoms with van der Waals surface area (Å²) in [5.41, 5.74) is -0.0539. The molecule has 5 nitrogen and oxygen atoms in total. The number of aliphatic hydroxyl groups excluding tert-OH is 1. The van der Waals surface area contributed by atoms with Crippen molar-refractivity contribution in [1.82, 2.24) is 5.32 Å². The molecule has 2 atom stereocenters. The highest BCUT2D eigenvalue weighted by atomic mass is 16.4. The number of carbonyl (C=O) groups is 2. The summed E-state index contributed by atoms with van der Waals surface area (Å²) in [5, 5.41) is 20.5. The van der Waals surface area contributed by atoms with Gasteiger partial charge in [0, 0.05) is 0 Å². The monoisotopic (exact) mass is 215 g/mol. The van der Waals surface area contributed by atoms with Crippen LogP contribution in [0.5, 0.6) is 0 Å². The molecule has 0 aromatic rings. The summed E-state index contributed by atoms with van der Waals surface area (Å²) in [6, 6.07) is -1.35. The van der Waals surface area contributed by atoms with Gasteiger partial charge >= 0.3 is 5.97 Å². The van der Waals surface area contributed by atoms with Crippen LogP contribution in [0, 0.1) is 5.41 Å². The first-order valence-corrected chi connectivity index (χ1v) is 4.51. The zero-order chi connectivity index (χ0) is 12.2. The SMILES string of the molecule is C=C(C(O)C(NC=O)C(=O)O)C(C)(C)C. The fourth-order valence-corrected chi connectivity index (χ4v) is 1.02. The second-order valence-electron chi connectivity index (χ2n) is 4.32. The molecule has 0 aliphatic carbocycles. The Hall–Kier alpha value is -1.36. The van der Waals surface area contributed by atoms with Crippen molar-refractivity contribution in [2.45, 2.75) is 32.9 Å². The summed E-state index contributed by atoms with van der Waals surface area (Å²) in [5.74, 6) is -1.29. The molecule has 0 aliphatic rings. The van der Waals surface area contributed by atoms with Crippen LogP contribution in [0.4, 0.5) is 0 Å². The molecule has 86 valence electrons. The van der Waals surface area contributed by atoms with Crippen LogP contribution >= 0.6 is 0 Å². The minimum absolute atomic E-state index is 0.248. The highest BCUT2D eigenvalue weighted by Gasteiger charge is 2.32. The van der Waals surface area contributed by atoms with Crippen molar-refractivity contribution < 1.29 is 19.8 Å². The number of nitrogens with one attached hydrogen (secondary N) is 1. The number of hydrogen-bond acceptors (Lipinski definition) is 3. The lowest BCUT2D eigenvalue weighted by molar-refractivity contribution is -0.143. The van der Waals surface area contributed by atoms with Crippen molar-refractivity contribution in [2.24, 2.45) is 5.41 Å². The van der Waals surface area contributed by atoms with Crippen molar-refractivity contribution in [2.75, 3.05) is 0 Å². The normalized spacial score (nSPS) is 15.2. The molecule has 3 N–H and O–H groups in total. The van der Waals surface area contributed by atoms with E-state index in [1.807, 2.05) is 5.32 Å². The summed E-state index contributed by atoms with van der Waals surface area (Å²) < 4.78 is 0. The Labute approximate surface area is 88.8 Å². The molecule has 0 radical (unpaired) electrons. The first-order valence-electron chi connectivity index (χ1n) is 4.51. The Morgan fingerprint density at radius 3 is 2.20 bits per heavy atom. The summed E-state index contributed by atoms with van der Waals surface area (Å²) in [7, 11) is 0. The maximum atomic E-state index is 10.7. The fraction of sp³-hybridized carbons (Fsp3) is 0.600. The van der Waals surface area contributed by atoms with Gasteiger partial charge in [-0.3, -0.25) is 4.79 Å². The number of aliphatic hydroxyl groups is 1. The molecule has 0 fully saturated rings. The molecule has 0 heterocycles. The van der Waals surface area contributed by atoms with Crippen LogP contribution in [0.3, 0.4) is 0 Å². The van der Waals surface area contributed by atoms with Crippen molar-refractivity contribution in [3.05, 3.63) is 12.2 Å². The molecule has 5 heteroatoms. The lowest BCUT2D eigenvalue weighted by Crippen LogP contribution is -2.47. The van der Waals surface area contributed by atoms with Crippen LogP contribution in [0.15, 0.2) is 12.2 Å². The number of rotatable bonds is 5. The Morgan fingerprint density at radius 2 is 1.93 bits per heavy atom. The zero-order valence-electron chi connectivity index (χ0n) is 9.15. The minimum atomic E-state index is -1.35. The lowest BCUT2D eigenvalue weighted by atomic mass is 9.82. The van der Waals surface area contributed by atoms with Gasteiger partial charge in [0.2, 0.25) is 6.41 Å². The van der Waals surface area contributed by atoms with E-state index in [-0.39, 0.29) is 6.41 Å². The van der Waals surface area contributed by atoms with E-state index >= 15 is 0 Å². The Kier molecular flexibility index (Phi) is 4.48. The van der Waals surface area contributed by atoms with E-state index in [4.69, 9.17) is 5.11 Å². The van der Waals surface area contributed by atoms with E-state index in [9.17, 15) is 14.7 Å². The van der Waals surface area contributed by atoms with Crippen molar-refractivity contribution in [3.8, 4) is 0 Å². The minimum Gasteiger partial charge on any atom is -0.480 e. The summed E-state index contributed by atoms with van der Waals surface area (Å²) in [6.07, 6.45) is -1.05. The Balaban J connectivity index is 4.78. The van der Waals surface area contributed by atoms with Gasteiger partial charge in [0.25, 0.3) is 0 Å². The zero-order valence-corrected chi connectivity index (χ0v) is 9.15. The number of carboxylic acid groups (broad SMARTS) is 1. The average molecular weight is 215 g/mol. The average Bonchev–Trinajstić information content (AvgIpc) is 2.09. The molecule has 0 rings (SSSR count). The highest BCUT2D eigenvalue weighted by Crippen LogP contribution is 2.27. The van der Waals surface area contributed by atoms with Gasteiger partial charge in [-0.2, -0.15) is 0 Å². The third-order valence-electron chi connectivity index (χ3n) is 2.15. The number of carbonyl (C=O) groups excluding carboxylic acids is 1. The van der Waals surface area contributed by atoms with E-state index in [0.717, 1.165) is 0 Å². The van der Waals surface area contributed by atoms with E-state index in [1.54, 1.807) is 20.8 Å². The lowest BCUT2D eigenvalue weighted by Gasteiger charge is -2.29. The molecule has 0 bridgehead atoms. The van der Waals surface area contributed by atoms with Gasteiger partial charge in [-0.25, -0.2) is 4.79 Å². The van der Waals surface area contributed by atoms with Gasteiger partial charge in [-0.15, -0.1) is 0 Å². The first kappa shape index (κ1) is 13.6. The van der Waals surface area contributed by atoms with Crippen molar-refractivity contribution in [1.29, 1.82) is 0 Å². The van der Waals surface area contributed by atoms with Gasteiger partial charge in [-0.05, 0) is 11.0 Å². The second-order valence-corrected chi connectivity index (χ2v) is 4.32. The van der Waals surface area contributed by atoms with Gasteiger partial charge in [-0.1, -0.05) is 27.4 Å². The van der Waals surface area contributed by atoms with Gasteiger partial charge in [0.15, 0.2) is 6.04 Å². The van der Waals surface area contributed by atoms with Crippen LogP contribution in [0.2, 0.25) is 0 Å². The number of hydrogen-bond donors (Lipinski definition) is 3. The van der Waals surface area contributed by atoms with Crippen molar-refractivity contribution in [3.63, 3.8) is 0 Å². The first-order chi connectivity index (χ1) is 6.71. The smallest absolute Gasteiger partial charge is 0.329 e. The predicted octanol–water partition coefficient (Wildman–Crippen LogP) is 0.149. The molecule has 0 saturated carbocycles. The topological polar surface area (TPSA) is 86.6 Å². The Bertz CT molecular complexity index is 267. The second kappa shape index (κ2) is 4.93. The van der Waals surface area contributed by atoms with Gasteiger partial charge in [0.1, 0.15) is 6.10 Å². The van der Waals surface area contributed by atoms with Crippen LogP contribution in [0.1, 0.15) is 20.8 Å². The molecule has 2 unspecified atom stereocenters. The largest absolute Gasteiger partial charge is 0.480 e. The number of aliphatic carboxylic acids is 1. The third kappa shape index (κ3) is 3.71.